The quantitative estimate of drug-likeness (QED) is 0.478. The average Bonchev–Trinajstić information content (AvgIpc) is 3.31. The molecule has 3 aromatic heterocycles. The first kappa shape index (κ1) is 16.4. The Bertz CT molecular complexity index is 972. The molecule has 0 saturated heterocycles. The molecule has 0 spiro atoms. The molecule has 4 aromatic rings. The van der Waals surface area contributed by atoms with Gasteiger partial charge in [0.15, 0.2) is 5.65 Å². The van der Waals surface area contributed by atoms with E-state index in [2.05, 4.69) is 33.7 Å². The summed E-state index contributed by atoms with van der Waals surface area (Å²) < 4.78 is 3.96. The van der Waals surface area contributed by atoms with Crippen LogP contribution in [0, 0.1) is 0 Å². The molecule has 26 heavy (non-hydrogen) atoms. The summed E-state index contributed by atoms with van der Waals surface area (Å²) >= 11 is 0. The van der Waals surface area contributed by atoms with Crippen LogP contribution in [-0.4, -0.2) is 29.3 Å². The molecule has 6 nitrogen and oxygen atoms in total. The van der Waals surface area contributed by atoms with Gasteiger partial charge in [-0.3, -0.25) is 4.57 Å². The standard InChI is InChI=1S/C20H22N6/c1-2-3-7-12-25-19-17(23-20(25)26-13-8-11-22-26)15-21-18(24-19)14-16-9-5-4-6-10-16/h4-6,8-11,13,15H,2-3,7,12,14H2,1H3. The van der Waals surface area contributed by atoms with Crippen LogP contribution >= 0.6 is 0 Å². The second kappa shape index (κ2) is 7.47. The number of nitrogens with zero attached hydrogens (tertiary/aromatic N) is 6. The highest BCUT2D eigenvalue weighted by molar-refractivity contribution is 5.72. The van der Waals surface area contributed by atoms with Gasteiger partial charge in [-0.15, -0.1) is 0 Å². The second-order valence-corrected chi connectivity index (χ2v) is 6.38. The van der Waals surface area contributed by atoms with Gasteiger partial charge >= 0.3 is 0 Å². The van der Waals surface area contributed by atoms with Crippen LogP contribution in [-0.2, 0) is 13.0 Å². The molecule has 0 aliphatic rings. The van der Waals surface area contributed by atoms with Crippen molar-refractivity contribution >= 4 is 11.2 Å². The minimum Gasteiger partial charge on any atom is -0.293 e. The van der Waals surface area contributed by atoms with Gasteiger partial charge in [0.25, 0.3) is 0 Å². The maximum Gasteiger partial charge on any atom is 0.233 e. The molecule has 4 rings (SSSR count). The lowest BCUT2D eigenvalue weighted by molar-refractivity contribution is 0.590. The summed E-state index contributed by atoms with van der Waals surface area (Å²) in [6.45, 7) is 3.09. The van der Waals surface area contributed by atoms with Gasteiger partial charge in [-0.25, -0.2) is 19.6 Å². The summed E-state index contributed by atoms with van der Waals surface area (Å²) in [4.78, 5) is 14.1. The summed E-state index contributed by atoms with van der Waals surface area (Å²) in [5.74, 6) is 1.61. The van der Waals surface area contributed by atoms with E-state index in [0.29, 0.717) is 6.42 Å². The van der Waals surface area contributed by atoms with Crippen LogP contribution in [0.25, 0.3) is 17.1 Å². The van der Waals surface area contributed by atoms with E-state index in [0.717, 1.165) is 35.9 Å². The maximum atomic E-state index is 4.83. The van der Waals surface area contributed by atoms with Gasteiger partial charge in [0, 0.05) is 25.4 Å². The zero-order chi connectivity index (χ0) is 17.8. The lowest BCUT2D eigenvalue weighted by Gasteiger charge is -2.08. The molecule has 6 heteroatoms. The lowest BCUT2D eigenvalue weighted by Crippen LogP contribution is -2.09. The maximum absolute atomic E-state index is 4.83. The van der Waals surface area contributed by atoms with Crippen molar-refractivity contribution in [2.45, 2.75) is 39.2 Å². The van der Waals surface area contributed by atoms with Crippen LogP contribution in [0.5, 0.6) is 0 Å². The van der Waals surface area contributed by atoms with Crippen molar-refractivity contribution in [2.24, 2.45) is 0 Å². The Balaban J connectivity index is 1.74. The van der Waals surface area contributed by atoms with Crippen molar-refractivity contribution in [3.8, 4) is 5.95 Å². The fourth-order valence-electron chi connectivity index (χ4n) is 3.09. The molecular formula is C20H22N6. The van der Waals surface area contributed by atoms with E-state index < -0.39 is 0 Å². The smallest absolute Gasteiger partial charge is 0.233 e. The third-order valence-electron chi connectivity index (χ3n) is 4.42. The highest BCUT2D eigenvalue weighted by Crippen LogP contribution is 2.18. The molecule has 3 heterocycles. The van der Waals surface area contributed by atoms with Crippen molar-refractivity contribution < 1.29 is 0 Å². The first-order chi connectivity index (χ1) is 12.8. The van der Waals surface area contributed by atoms with Crippen LogP contribution in [0.15, 0.2) is 55.0 Å². The minimum atomic E-state index is 0.716. The Morgan fingerprint density at radius 2 is 1.88 bits per heavy atom. The highest BCUT2D eigenvalue weighted by Gasteiger charge is 2.15. The first-order valence-corrected chi connectivity index (χ1v) is 9.11. The Kier molecular flexibility index (Phi) is 4.73. The van der Waals surface area contributed by atoms with Crippen LogP contribution < -0.4 is 0 Å². The largest absolute Gasteiger partial charge is 0.293 e. The predicted molar refractivity (Wildman–Crippen MR) is 101 cm³/mol. The van der Waals surface area contributed by atoms with E-state index >= 15 is 0 Å². The number of fused-ring (bicyclic) bond motifs is 1. The van der Waals surface area contributed by atoms with Gasteiger partial charge in [0.05, 0.1) is 6.20 Å². The lowest BCUT2D eigenvalue weighted by atomic mass is 10.1. The van der Waals surface area contributed by atoms with E-state index in [1.807, 2.05) is 36.7 Å². The van der Waals surface area contributed by atoms with Crippen LogP contribution in [0.1, 0.15) is 37.6 Å². The molecule has 0 saturated carbocycles. The van der Waals surface area contributed by atoms with Crippen LogP contribution in [0.2, 0.25) is 0 Å². The van der Waals surface area contributed by atoms with Crippen molar-refractivity contribution in [1.29, 1.82) is 0 Å². The van der Waals surface area contributed by atoms with E-state index in [-0.39, 0.29) is 0 Å². The molecular weight excluding hydrogens is 324 g/mol. The zero-order valence-corrected chi connectivity index (χ0v) is 14.9. The molecule has 0 amide bonds. The third kappa shape index (κ3) is 3.35. The summed E-state index contributed by atoms with van der Waals surface area (Å²) in [5, 5.41) is 4.35. The zero-order valence-electron chi connectivity index (χ0n) is 14.9. The number of aryl methyl sites for hydroxylation is 1. The van der Waals surface area contributed by atoms with E-state index in [1.54, 1.807) is 10.9 Å². The van der Waals surface area contributed by atoms with Crippen LogP contribution in [0.4, 0.5) is 0 Å². The number of hydrogen-bond donors (Lipinski definition) is 0. The number of benzene rings is 1. The number of rotatable bonds is 7. The highest BCUT2D eigenvalue weighted by atomic mass is 15.4. The number of unbranched alkanes of at least 4 members (excludes halogenated alkanes) is 2. The van der Waals surface area contributed by atoms with Crippen LogP contribution in [0.3, 0.4) is 0 Å². The SMILES string of the molecule is CCCCCn1c(-n2cccn2)nc2cnc(Cc3ccccc3)nc21. The Labute approximate surface area is 152 Å². The molecule has 0 atom stereocenters. The normalized spacial score (nSPS) is 11.3. The van der Waals surface area contributed by atoms with E-state index in [4.69, 9.17) is 9.97 Å². The first-order valence-electron chi connectivity index (χ1n) is 9.11. The Hall–Kier alpha value is -3.02. The van der Waals surface area contributed by atoms with Gasteiger partial charge in [-0.2, -0.15) is 5.10 Å². The Morgan fingerprint density at radius 3 is 2.65 bits per heavy atom. The van der Waals surface area contributed by atoms with Gasteiger partial charge in [0.1, 0.15) is 11.3 Å². The number of aromatic nitrogens is 6. The summed E-state index contributed by atoms with van der Waals surface area (Å²) in [6, 6.07) is 12.2. The summed E-state index contributed by atoms with van der Waals surface area (Å²) in [5.41, 5.74) is 2.90. The van der Waals surface area contributed by atoms with E-state index in [9.17, 15) is 0 Å². The number of imidazole rings is 1. The van der Waals surface area contributed by atoms with Crippen molar-refractivity contribution in [1.82, 2.24) is 29.3 Å². The average molecular weight is 346 g/mol. The predicted octanol–water partition coefficient (Wildman–Crippen LogP) is 3.79. The molecule has 0 bridgehead atoms. The molecule has 0 N–H and O–H groups in total. The summed E-state index contributed by atoms with van der Waals surface area (Å²) in [7, 11) is 0. The van der Waals surface area contributed by atoms with Crippen molar-refractivity contribution in [2.75, 3.05) is 0 Å². The van der Waals surface area contributed by atoms with Crippen molar-refractivity contribution in [3.63, 3.8) is 0 Å². The van der Waals surface area contributed by atoms with E-state index in [1.165, 1.54) is 18.4 Å². The second-order valence-electron chi connectivity index (χ2n) is 6.38. The van der Waals surface area contributed by atoms with Gasteiger partial charge in [-0.05, 0) is 18.1 Å². The van der Waals surface area contributed by atoms with Gasteiger partial charge < -0.3 is 0 Å². The monoisotopic (exact) mass is 346 g/mol. The molecule has 0 radical (unpaired) electrons. The minimum absolute atomic E-state index is 0.716. The molecule has 0 unspecified atom stereocenters. The molecule has 0 aliphatic carbocycles. The topological polar surface area (TPSA) is 61.4 Å². The van der Waals surface area contributed by atoms with Gasteiger partial charge in [0.2, 0.25) is 5.95 Å². The third-order valence-corrected chi connectivity index (χ3v) is 4.42. The fourth-order valence-corrected chi connectivity index (χ4v) is 3.09. The number of hydrogen-bond acceptors (Lipinski definition) is 4. The molecule has 0 fully saturated rings. The molecule has 1 aromatic carbocycles. The fraction of sp³-hybridized carbons (Fsp3) is 0.300. The molecule has 0 aliphatic heterocycles. The van der Waals surface area contributed by atoms with Crippen molar-refractivity contribution in [3.05, 3.63) is 66.4 Å². The molecule has 132 valence electrons. The van der Waals surface area contributed by atoms with Gasteiger partial charge in [-0.1, -0.05) is 50.1 Å². The Morgan fingerprint density at radius 1 is 1.00 bits per heavy atom. The summed E-state index contributed by atoms with van der Waals surface area (Å²) in [6.07, 6.45) is 9.67.